The van der Waals surface area contributed by atoms with E-state index in [1.807, 2.05) is 104 Å². The van der Waals surface area contributed by atoms with Crippen LogP contribution in [0.25, 0.3) is 76.7 Å². The Morgan fingerprint density at radius 3 is 1.29 bits per heavy atom. The number of aromatic nitrogens is 6. The highest BCUT2D eigenvalue weighted by atomic mass is 16.5. The molecular formula is C66H68N8O5. The molecule has 79 heavy (non-hydrogen) atoms. The average molecular weight is 1050 g/mol. The lowest BCUT2D eigenvalue weighted by molar-refractivity contribution is -0.123. The third-order valence-electron chi connectivity index (χ3n) is 13.5. The largest absolute Gasteiger partial charge is 0.381 e. The molecule has 0 aliphatic carbocycles. The third-order valence-corrected chi connectivity index (χ3v) is 13.5. The molecular weight excluding hydrogens is 985 g/mol. The van der Waals surface area contributed by atoms with Crippen LogP contribution in [0, 0.1) is 0 Å². The summed E-state index contributed by atoms with van der Waals surface area (Å²) in [7, 11) is 9.93. The van der Waals surface area contributed by atoms with Crippen molar-refractivity contribution in [3.8, 4) is 0 Å². The number of benzene rings is 6. The number of para-hydroxylation sites is 6. The molecule has 14 rings (SSSR count). The first-order chi connectivity index (χ1) is 38.3. The van der Waals surface area contributed by atoms with Crippen molar-refractivity contribution in [2.24, 2.45) is 41.0 Å². The molecule has 6 aromatic carbocycles. The van der Waals surface area contributed by atoms with Crippen LogP contribution in [0.15, 0.2) is 207 Å². The van der Waals surface area contributed by atoms with Crippen LogP contribution in [0.5, 0.6) is 0 Å². The smallest absolute Gasteiger partial charge is 0.289 e. The minimum atomic E-state index is -0.925. The highest BCUT2D eigenvalue weighted by Crippen LogP contribution is 2.35. The van der Waals surface area contributed by atoms with Crippen molar-refractivity contribution in [1.29, 1.82) is 0 Å². The summed E-state index contributed by atoms with van der Waals surface area (Å²) in [5.74, 6) is -2.31. The molecule has 13 heteroatoms. The quantitative estimate of drug-likeness (QED) is 0.102. The molecule has 8 heterocycles. The van der Waals surface area contributed by atoms with Gasteiger partial charge in [-0.05, 0) is 95.1 Å². The summed E-state index contributed by atoms with van der Waals surface area (Å²) >= 11 is 0. The molecule has 1 saturated heterocycles. The fourth-order valence-electron chi connectivity index (χ4n) is 9.58. The van der Waals surface area contributed by atoms with Gasteiger partial charge in [0, 0.05) is 130 Å². The van der Waals surface area contributed by atoms with E-state index in [0.29, 0.717) is 16.8 Å². The number of ketones is 1. The lowest BCUT2D eigenvalue weighted by Gasteiger charge is -2.07. The Kier molecular flexibility index (Phi) is 18.4. The number of aryl methyl sites for hydroxylation is 5. The van der Waals surface area contributed by atoms with E-state index in [9.17, 15) is 19.2 Å². The summed E-state index contributed by atoms with van der Waals surface area (Å²) in [5.41, 5.74) is 13.6. The maximum atomic E-state index is 12.7. The zero-order valence-corrected chi connectivity index (χ0v) is 46.0. The van der Waals surface area contributed by atoms with Crippen LogP contribution in [0.2, 0.25) is 0 Å². The number of hydrogen-bond acceptors (Lipinski definition) is 5. The molecule has 402 valence electrons. The van der Waals surface area contributed by atoms with Crippen molar-refractivity contribution >= 4 is 100 Å². The lowest BCUT2D eigenvalue weighted by atomic mass is 10.0. The predicted molar refractivity (Wildman–Crippen MR) is 322 cm³/mol. The standard InChI is InChI=1S/C21H15N3O2.C11H10N2O2.3C9H9N.C4H8O.C3H8/c1-23-12-15(14-7-3-5-9-17(14)23)18-19(21(26)22-20(18)25)24-11-10-13-6-2-4-8-16(13)24;1-13-6-8(10(14)11(12)15)7-4-2-3-5-9(7)13;3*1-10-7-6-8-4-2-3-5-9(8)10;1-2-4-5-3-1;1-3-2/h2-12H,1H3,(H,22,25,26);2-6H,1H3,(H2,12,15);3*2-7H,1H3;1-4H2;3H2,1-2H3. The van der Waals surface area contributed by atoms with Gasteiger partial charge in [0.25, 0.3) is 23.5 Å². The number of imide groups is 1. The number of nitrogens with zero attached hydrogens (tertiary/aromatic N) is 6. The second-order valence-electron chi connectivity index (χ2n) is 19.3. The monoisotopic (exact) mass is 1050 g/mol. The van der Waals surface area contributed by atoms with Gasteiger partial charge in [-0.2, -0.15) is 0 Å². The predicted octanol–water partition coefficient (Wildman–Crippen LogP) is 12.8. The topological polar surface area (TPSA) is 145 Å². The molecule has 3 amide bonds. The summed E-state index contributed by atoms with van der Waals surface area (Å²) in [6, 6.07) is 56.4. The van der Waals surface area contributed by atoms with Crippen LogP contribution < -0.4 is 11.1 Å². The molecule has 3 N–H and O–H groups in total. The van der Waals surface area contributed by atoms with E-state index in [4.69, 9.17) is 10.5 Å². The number of ether oxygens (including phenoxy) is 1. The molecule has 0 radical (unpaired) electrons. The first kappa shape index (κ1) is 55.8. The zero-order valence-electron chi connectivity index (χ0n) is 46.0. The Hall–Kier alpha value is -9.46. The van der Waals surface area contributed by atoms with E-state index >= 15 is 0 Å². The van der Waals surface area contributed by atoms with Gasteiger partial charge >= 0.3 is 0 Å². The van der Waals surface area contributed by atoms with Gasteiger partial charge in [0.15, 0.2) is 0 Å². The Balaban J connectivity index is 0.000000133. The minimum Gasteiger partial charge on any atom is -0.381 e. The van der Waals surface area contributed by atoms with Crippen molar-refractivity contribution in [2.45, 2.75) is 33.1 Å². The molecule has 13 nitrogen and oxygen atoms in total. The van der Waals surface area contributed by atoms with Gasteiger partial charge in [0.2, 0.25) is 0 Å². The maximum Gasteiger partial charge on any atom is 0.289 e. The number of fused-ring (bicyclic) bond motifs is 6. The number of nitrogens with two attached hydrogens (primary N) is 1. The van der Waals surface area contributed by atoms with E-state index in [0.717, 1.165) is 51.5 Å². The molecule has 0 unspecified atom stereocenters. The number of carbonyl (C=O) groups excluding carboxylic acids is 4. The molecule has 0 spiro atoms. The van der Waals surface area contributed by atoms with Gasteiger partial charge in [-0.25, -0.2) is 0 Å². The number of primary amides is 1. The zero-order chi connectivity index (χ0) is 56.0. The summed E-state index contributed by atoms with van der Waals surface area (Å²) in [4.78, 5) is 47.6. The molecule has 0 bridgehead atoms. The second-order valence-corrected chi connectivity index (χ2v) is 19.3. The molecule has 6 aromatic heterocycles. The summed E-state index contributed by atoms with van der Waals surface area (Å²) in [6.45, 7) is 6.25. The van der Waals surface area contributed by atoms with E-state index in [1.54, 1.807) is 21.4 Å². The van der Waals surface area contributed by atoms with Crippen LogP contribution in [0.4, 0.5) is 0 Å². The Morgan fingerprint density at radius 1 is 0.468 bits per heavy atom. The lowest BCUT2D eigenvalue weighted by Crippen LogP contribution is -2.23. The van der Waals surface area contributed by atoms with Gasteiger partial charge in [-0.1, -0.05) is 129 Å². The SMILES string of the molecule is C1CCOC1.CCC.Cn1cc(C(=O)C(N)=O)c2ccccc21.Cn1cc(C2=C(n3ccc4ccccc43)C(=O)NC2=O)c2ccccc21.Cn1ccc2ccccc21.Cn1ccc2ccccc21.Cn1ccc2ccccc21. The highest BCUT2D eigenvalue weighted by molar-refractivity contribution is 6.48. The first-order valence-corrected chi connectivity index (χ1v) is 26.5. The number of carbonyl (C=O) groups is 4. The third kappa shape index (κ3) is 12.9. The molecule has 12 aromatic rings. The van der Waals surface area contributed by atoms with Gasteiger partial charge in [0.1, 0.15) is 5.70 Å². The first-order valence-electron chi connectivity index (χ1n) is 26.5. The fourth-order valence-corrected chi connectivity index (χ4v) is 9.58. The molecule has 1 fully saturated rings. The van der Waals surface area contributed by atoms with Gasteiger partial charge < -0.3 is 37.9 Å². The Labute approximate surface area is 460 Å². The van der Waals surface area contributed by atoms with Crippen LogP contribution in [0.1, 0.15) is 49.0 Å². The maximum absolute atomic E-state index is 12.7. The van der Waals surface area contributed by atoms with E-state index in [2.05, 4.69) is 164 Å². The molecule has 0 saturated carbocycles. The van der Waals surface area contributed by atoms with Crippen LogP contribution in [-0.2, 0) is 54.4 Å². The highest BCUT2D eigenvalue weighted by Gasteiger charge is 2.34. The second kappa shape index (κ2) is 26.1. The number of amides is 3. The fraction of sp³-hybridized carbons (Fsp3) is 0.182. The average Bonchev–Trinajstić information content (AvgIpc) is 4.56. The molecule has 2 aliphatic rings. The Bertz CT molecular complexity index is 3920. The summed E-state index contributed by atoms with van der Waals surface area (Å²) in [6.07, 6.45) is 15.4. The van der Waals surface area contributed by atoms with Crippen LogP contribution >= 0.6 is 0 Å². The van der Waals surface area contributed by atoms with Crippen molar-refractivity contribution in [3.05, 3.63) is 218 Å². The van der Waals surface area contributed by atoms with E-state index in [-0.39, 0.29) is 11.8 Å². The summed E-state index contributed by atoms with van der Waals surface area (Å²) in [5, 5.41) is 9.11. The molecule has 0 atom stereocenters. The normalized spacial score (nSPS) is 12.5. The summed E-state index contributed by atoms with van der Waals surface area (Å²) < 4.78 is 16.9. The van der Waals surface area contributed by atoms with Crippen molar-refractivity contribution in [3.63, 3.8) is 0 Å². The minimum absolute atomic E-state index is 0.362. The van der Waals surface area contributed by atoms with Gasteiger partial charge in [-0.15, -0.1) is 0 Å². The number of nitrogens with one attached hydrogen (secondary N) is 1. The van der Waals surface area contributed by atoms with E-state index in [1.165, 1.54) is 52.0 Å². The van der Waals surface area contributed by atoms with Crippen molar-refractivity contribution in [1.82, 2.24) is 32.7 Å². The van der Waals surface area contributed by atoms with Gasteiger partial charge in [0.05, 0.1) is 16.7 Å². The number of hydrogen-bond donors (Lipinski definition) is 2. The van der Waals surface area contributed by atoms with E-state index < -0.39 is 11.7 Å². The number of rotatable bonds is 4. The Morgan fingerprint density at radius 2 is 0.848 bits per heavy atom. The van der Waals surface area contributed by atoms with Crippen molar-refractivity contribution in [2.75, 3.05) is 13.2 Å². The van der Waals surface area contributed by atoms with Gasteiger partial charge in [-0.3, -0.25) is 24.5 Å². The number of Topliss-reactive ketones (excluding diaryl/α,β-unsaturated/α-hetero) is 1. The van der Waals surface area contributed by atoms with Crippen LogP contribution in [0.3, 0.4) is 0 Å². The molecule has 2 aliphatic heterocycles. The van der Waals surface area contributed by atoms with Crippen molar-refractivity contribution < 1.29 is 23.9 Å². The van der Waals surface area contributed by atoms with Crippen LogP contribution in [-0.4, -0.2) is 64.1 Å².